The van der Waals surface area contributed by atoms with Crippen molar-refractivity contribution >= 4 is 30.6 Å². The first-order valence-corrected chi connectivity index (χ1v) is 6.59. The van der Waals surface area contributed by atoms with Gasteiger partial charge in [0.2, 0.25) is 0 Å². The zero-order valence-corrected chi connectivity index (χ0v) is 11.0. The lowest BCUT2D eigenvalue weighted by molar-refractivity contribution is 1.47. The lowest BCUT2D eigenvalue weighted by Crippen LogP contribution is -2.03. The zero-order valence-electron chi connectivity index (χ0n) is 10.0. The van der Waals surface area contributed by atoms with Crippen LogP contribution in [0.25, 0.3) is 0 Å². The molecule has 0 aliphatic carbocycles. The number of anilines is 2. The Hall–Kier alpha value is -2.55. The zero-order chi connectivity index (χ0) is 13.5. The van der Waals surface area contributed by atoms with Crippen LogP contribution < -0.4 is 21.2 Å². The van der Waals surface area contributed by atoms with Gasteiger partial charge in [0, 0.05) is 11.4 Å². The van der Waals surface area contributed by atoms with E-state index in [1.807, 2.05) is 60.9 Å². The minimum Gasteiger partial charge on any atom is -0.293 e. The van der Waals surface area contributed by atoms with E-state index in [0.717, 1.165) is 11.4 Å². The molecule has 2 rings (SSSR count). The summed E-state index contributed by atoms with van der Waals surface area (Å²) in [5.41, 5.74) is 1.59. The Labute approximate surface area is 113 Å². The summed E-state index contributed by atoms with van der Waals surface area (Å²) in [6.45, 7) is 0. The third-order valence-electron chi connectivity index (χ3n) is 2.46. The molecular formula is C14H11N4P. The van der Waals surface area contributed by atoms with E-state index >= 15 is 0 Å². The quantitative estimate of drug-likeness (QED) is 0.505. The van der Waals surface area contributed by atoms with Crippen molar-refractivity contribution in [3.63, 3.8) is 0 Å². The molecule has 92 valence electrons. The third kappa shape index (κ3) is 3.71. The van der Waals surface area contributed by atoms with Crippen molar-refractivity contribution in [3.8, 4) is 12.4 Å². The second-order valence-electron chi connectivity index (χ2n) is 3.75. The molecule has 0 fully saturated rings. The second-order valence-corrected chi connectivity index (χ2v) is 5.16. The van der Waals surface area contributed by atoms with Crippen molar-refractivity contribution < 1.29 is 0 Å². The van der Waals surface area contributed by atoms with Crippen molar-refractivity contribution in [1.82, 2.24) is 0 Å². The van der Waals surface area contributed by atoms with Gasteiger partial charge < -0.3 is 0 Å². The van der Waals surface area contributed by atoms with Crippen molar-refractivity contribution in [2.75, 3.05) is 10.6 Å². The summed E-state index contributed by atoms with van der Waals surface area (Å²) in [6, 6.07) is 15.5. The normalized spacial score (nSPS) is 9.16. The maximum absolute atomic E-state index is 8.51. The molecule has 0 atom stereocenters. The fourth-order valence-electron chi connectivity index (χ4n) is 1.57. The van der Waals surface area contributed by atoms with Gasteiger partial charge in [0.05, 0.1) is 0 Å². The van der Waals surface area contributed by atoms with Gasteiger partial charge in [0.25, 0.3) is 0 Å². The Morgan fingerprint density at radius 1 is 0.684 bits per heavy atom. The van der Waals surface area contributed by atoms with Crippen molar-refractivity contribution in [2.24, 2.45) is 0 Å². The first-order chi connectivity index (χ1) is 9.31. The highest BCUT2D eigenvalue weighted by atomic mass is 31.1. The lowest BCUT2D eigenvalue weighted by Gasteiger charge is -2.04. The van der Waals surface area contributed by atoms with Crippen molar-refractivity contribution in [3.05, 3.63) is 48.5 Å². The fourth-order valence-corrected chi connectivity index (χ4v) is 2.57. The topological polar surface area (TPSA) is 71.6 Å². The van der Waals surface area contributed by atoms with Gasteiger partial charge >= 0.3 is 0 Å². The number of hydrogen-bond donors (Lipinski definition) is 2. The summed E-state index contributed by atoms with van der Waals surface area (Å²) < 4.78 is 0. The second kappa shape index (κ2) is 6.40. The van der Waals surface area contributed by atoms with Crippen LogP contribution in [0.15, 0.2) is 48.5 Å². The average Bonchev–Trinajstić information content (AvgIpc) is 2.44. The molecule has 0 saturated heterocycles. The molecule has 2 aromatic carbocycles. The van der Waals surface area contributed by atoms with Crippen LogP contribution in [0.5, 0.6) is 0 Å². The van der Waals surface area contributed by atoms with Crippen molar-refractivity contribution in [1.29, 1.82) is 10.5 Å². The van der Waals surface area contributed by atoms with Crippen LogP contribution in [0.1, 0.15) is 0 Å². The molecule has 4 nitrogen and oxygen atoms in total. The van der Waals surface area contributed by atoms with Crippen LogP contribution in [0.2, 0.25) is 0 Å². The standard InChI is InChI=1S/C14H11N4P/c15-9-17-11-1-5-13(6-2-11)19-14-7-3-12(4-8-14)18-10-16/h1-8,17-19H. The maximum Gasteiger partial charge on any atom is 0.181 e. The van der Waals surface area contributed by atoms with Crippen LogP contribution in [0.4, 0.5) is 11.4 Å². The Bertz CT molecular complexity index is 563. The molecule has 0 amide bonds. The molecule has 0 bridgehead atoms. The minimum atomic E-state index is 0.552. The van der Waals surface area contributed by atoms with Gasteiger partial charge in [-0.2, -0.15) is 10.5 Å². The predicted octanol–water partition coefficient (Wildman–Crippen LogP) is 2.10. The molecule has 2 N–H and O–H groups in total. The Balaban J connectivity index is 2.04. The van der Waals surface area contributed by atoms with Gasteiger partial charge in [0.1, 0.15) is 0 Å². The Kier molecular flexibility index (Phi) is 4.34. The summed E-state index contributed by atoms with van der Waals surface area (Å²) in [6.07, 6.45) is 3.78. The van der Waals surface area contributed by atoms with E-state index in [1.54, 1.807) is 0 Å². The molecule has 0 aliphatic heterocycles. The first-order valence-electron chi connectivity index (χ1n) is 5.59. The van der Waals surface area contributed by atoms with Gasteiger partial charge in [0.15, 0.2) is 12.4 Å². The van der Waals surface area contributed by atoms with E-state index in [0.29, 0.717) is 8.58 Å². The van der Waals surface area contributed by atoms with Gasteiger partial charge in [-0.25, -0.2) is 0 Å². The molecule has 0 saturated carbocycles. The van der Waals surface area contributed by atoms with Gasteiger partial charge in [-0.1, -0.05) is 32.8 Å². The maximum atomic E-state index is 8.51. The highest BCUT2D eigenvalue weighted by Crippen LogP contribution is 2.14. The number of hydrogen-bond acceptors (Lipinski definition) is 4. The van der Waals surface area contributed by atoms with E-state index in [-0.39, 0.29) is 0 Å². The van der Waals surface area contributed by atoms with Crippen LogP contribution in [-0.2, 0) is 0 Å². The highest BCUT2D eigenvalue weighted by Gasteiger charge is 1.98. The number of rotatable bonds is 4. The Morgan fingerprint density at radius 2 is 1.05 bits per heavy atom. The number of nitrogens with zero attached hydrogens (tertiary/aromatic N) is 2. The molecule has 0 heterocycles. The molecule has 5 heteroatoms. The molecule has 0 aromatic heterocycles. The van der Waals surface area contributed by atoms with Crippen LogP contribution in [0, 0.1) is 22.9 Å². The Morgan fingerprint density at radius 3 is 1.37 bits per heavy atom. The van der Waals surface area contributed by atoms with Crippen LogP contribution in [0.3, 0.4) is 0 Å². The largest absolute Gasteiger partial charge is 0.293 e. The molecule has 2 aromatic rings. The molecular weight excluding hydrogens is 255 g/mol. The summed E-state index contributed by atoms with van der Waals surface area (Å²) in [5.74, 6) is 0. The average molecular weight is 266 g/mol. The number of nitriles is 2. The van der Waals surface area contributed by atoms with Gasteiger partial charge in [-0.05, 0) is 34.9 Å². The summed E-state index contributed by atoms with van der Waals surface area (Å²) in [7, 11) is 0.552. The summed E-state index contributed by atoms with van der Waals surface area (Å²) >= 11 is 0. The molecule has 19 heavy (non-hydrogen) atoms. The van der Waals surface area contributed by atoms with E-state index in [9.17, 15) is 0 Å². The monoisotopic (exact) mass is 266 g/mol. The smallest absolute Gasteiger partial charge is 0.181 e. The SMILES string of the molecule is N#CNc1ccc(Pc2ccc(NC#N)cc2)cc1. The van der Waals surface area contributed by atoms with E-state index < -0.39 is 0 Å². The van der Waals surface area contributed by atoms with Crippen LogP contribution in [-0.4, -0.2) is 0 Å². The van der Waals surface area contributed by atoms with E-state index in [2.05, 4.69) is 10.6 Å². The number of nitrogens with one attached hydrogen (secondary N) is 2. The summed E-state index contributed by atoms with van der Waals surface area (Å²) in [4.78, 5) is 0. The first kappa shape index (κ1) is 12.9. The molecule has 0 unspecified atom stereocenters. The molecule has 0 aliphatic rings. The predicted molar refractivity (Wildman–Crippen MR) is 78.9 cm³/mol. The fraction of sp³-hybridized carbons (Fsp3) is 0. The highest BCUT2D eigenvalue weighted by molar-refractivity contribution is 7.55. The molecule has 0 spiro atoms. The van der Waals surface area contributed by atoms with Crippen LogP contribution >= 0.6 is 8.58 Å². The van der Waals surface area contributed by atoms with Crippen molar-refractivity contribution in [2.45, 2.75) is 0 Å². The minimum absolute atomic E-state index is 0.552. The van der Waals surface area contributed by atoms with E-state index in [4.69, 9.17) is 10.5 Å². The van der Waals surface area contributed by atoms with Gasteiger partial charge in [-0.15, -0.1) is 0 Å². The number of benzene rings is 2. The van der Waals surface area contributed by atoms with Gasteiger partial charge in [-0.3, -0.25) is 10.6 Å². The lowest BCUT2D eigenvalue weighted by atomic mass is 10.3. The summed E-state index contributed by atoms with van der Waals surface area (Å²) in [5, 5.41) is 24.6. The van der Waals surface area contributed by atoms with E-state index in [1.165, 1.54) is 10.6 Å². The molecule has 0 radical (unpaired) electrons. The third-order valence-corrected chi connectivity index (χ3v) is 3.70.